The van der Waals surface area contributed by atoms with Gasteiger partial charge in [0.1, 0.15) is 11.5 Å². The second-order valence-corrected chi connectivity index (χ2v) is 25.6. The summed E-state index contributed by atoms with van der Waals surface area (Å²) in [4.78, 5) is 15.8. The Bertz CT molecular complexity index is 1380. The molecule has 0 saturated heterocycles. The van der Waals surface area contributed by atoms with Crippen molar-refractivity contribution in [2.24, 2.45) is 5.92 Å². The smallest absolute Gasteiger partial charge is 0.189 e. The fraction of sp³-hybridized carbons (Fsp3) is 0.559. The zero-order valence-electron chi connectivity index (χ0n) is 27.7. The number of aromatic nitrogens is 1. The lowest BCUT2D eigenvalue weighted by Gasteiger charge is -2.17. The molecular weight excluding hydrogens is 559 g/mol. The third kappa shape index (κ3) is 9.83. The average Bonchev–Trinajstić information content (AvgIpc) is 3.27. The topological polar surface area (TPSA) is 69.8 Å². The normalized spacial score (nSPS) is 13.0. The van der Waals surface area contributed by atoms with Crippen molar-refractivity contribution in [1.82, 2.24) is 4.98 Å². The summed E-state index contributed by atoms with van der Waals surface area (Å²) in [5, 5.41) is 1.77. The quantitative estimate of drug-likeness (QED) is 0.0712. The standard InChI is InChI=1S/C34H53NO5Si2/c1-24(2)11-12-25(3)19-28-26(4)31(40-23-38-16-18-42(8,9)10)20-29-32-27(21-36)13-14-30(34(32)35-33(28)29)39-22-37-15-17-41(5,6)7/h13-14,19-21,24,35H,11-12,15-18,22-23H2,1-10H3/b25-19+. The summed E-state index contributed by atoms with van der Waals surface area (Å²) in [6, 6.07) is 7.88. The number of nitrogens with one attached hydrogen (secondary N) is 1. The molecule has 232 valence electrons. The first-order valence-corrected chi connectivity index (χ1v) is 22.8. The Balaban J connectivity index is 2.04. The number of benzene rings is 2. The number of aldehydes is 1. The van der Waals surface area contributed by atoms with E-state index in [1.54, 1.807) is 0 Å². The van der Waals surface area contributed by atoms with Crippen LogP contribution in [0.2, 0.25) is 51.4 Å². The molecule has 0 spiro atoms. The van der Waals surface area contributed by atoms with Gasteiger partial charge in [-0.05, 0) is 62.9 Å². The molecule has 2 aromatic carbocycles. The van der Waals surface area contributed by atoms with E-state index in [1.165, 1.54) is 5.57 Å². The molecule has 0 fully saturated rings. The van der Waals surface area contributed by atoms with Crippen molar-refractivity contribution in [3.05, 3.63) is 40.5 Å². The second kappa shape index (κ2) is 14.9. The molecule has 3 rings (SSSR count). The number of carbonyl (C=O) groups is 1. The van der Waals surface area contributed by atoms with Crippen LogP contribution in [0.15, 0.2) is 23.8 Å². The molecule has 0 unspecified atom stereocenters. The van der Waals surface area contributed by atoms with E-state index in [1.807, 2.05) is 18.2 Å². The van der Waals surface area contributed by atoms with Gasteiger partial charge in [0.15, 0.2) is 19.9 Å². The Morgan fingerprint density at radius 2 is 1.50 bits per heavy atom. The number of fused-ring (bicyclic) bond motifs is 3. The third-order valence-corrected chi connectivity index (χ3v) is 10.9. The van der Waals surface area contributed by atoms with Crippen LogP contribution in [0.5, 0.6) is 11.5 Å². The van der Waals surface area contributed by atoms with Gasteiger partial charge in [-0.1, -0.05) is 64.8 Å². The summed E-state index contributed by atoms with van der Waals surface area (Å²) in [5.74, 6) is 2.06. The predicted molar refractivity (Wildman–Crippen MR) is 183 cm³/mol. The molecule has 0 aliphatic rings. The highest BCUT2D eigenvalue weighted by molar-refractivity contribution is 6.76. The highest BCUT2D eigenvalue weighted by atomic mass is 28.3. The van der Waals surface area contributed by atoms with E-state index in [2.05, 4.69) is 78.0 Å². The molecular formula is C34H53NO5Si2. The fourth-order valence-corrected chi connectivity index (χ4v) is 6.23. The number of rotatable bonds is 17. The van der Waals surface area contributed by atoms with Crippen LogP contribution in [0.1, 0.15) is 55.1 Å². The van der Waals surface area contributed by atoms with Gasteiger partial charge in [0.05, 0.1) is 11.0 Å². The van der Waals surface area contributed by atoms with Gasteiger partial charge < -0.3 is 23.9 Å². The maximum absolute atomic E-state index is 12.2. The summed E-state index contributed by atoms with van der Waals surface area (Å²) in [6.45, 7) is 24.5. The van der Waals surface area contributed by atoms with E-state index in [4.69, 9.17) is 18.9 Å². The second-order valence-electron chi connectivity index (χ2n) is 14.4. The molecule has 0 bridgehead atoms. The number of H-pyrrole nitrogens is 1. The lowest BCUT2D eigenvalue weighted by atomic mass is 9.97. The molecule has 0 aliphatic heterocycles. The van der Waals surface area contributed by atoms with Gasteiger partial charge in [0.25, 0.3) is 0 Å². The van der Waals surface area contributed by atoms with Crippen molar-refractivity contribution >= 4 is 50.3 Å². The fourth-order valence-electron chi connectivity index (χ4n) is 4.72. The van der Waals surface area contributed by atoms with Gasteiger partial charge in [-0.2, -0.15) is 0 Å². The lowest BCUT2D eigenvalue weighted by Crippen LogP contribution is -2.22. The molecule has 42 heavy (non-hydrogen) atoms. The highest BCUT2D eigenvalue weighted by Crippen LogP contribution is 2.40. The van der Waals surface area contributed by atoms with Gasteiger partial charge in [0.2, 0.25) is 0 Å². The first kappa shape index (κ1) is 34.1. The minimum absolute atomic E-state index is 0.165. The Morgan fingerprint density at radius 1 is 0.905 bits per heavy atom. The van der Waals surface area contributed by atoms with Crippen LogP contribution in [-0.4, -0.2) is 54.2 Å². The lowest BCUT2D eigenvalue weighted by molar-refractivity contribution is 0.0217. The first-order chi connectivity index (χ1) is 19.7. The van der Waals surface area contributed by atoms with E-state index in [9.17, 15) is 4.79 Å². The summed E-state index contributed by atoms with van der Waals surface area (Å²) < 4.78 is 24.1. The average molecular weight is 612 g/mol. The predicted octanol–water partition coefficient (Wildman–Crippen LogP) is 9.66. The number of ether oxygens (including phenoxy) is 4. The molecule has 6 nitrogen and oxygen atoms in total. The van der Waals surface area contributed by atoms with Crippen molar-refractivity contribution in [2.75, 3.05) is 26.8 Å². The van der Waals surface area contributed by atoms with Gasteiger partial charge in [0, 0.05) is 56.8 Å². The largest absolute Gasteiger partial charge is 0.467 e. The molecule has 8 heteroatoms. The Morgan fingerprint density at radius 3 is 2.05 bits per heavy atom. The molecule has 3 aromatic rings. The molecule has 1 heterocycles. The molecule has 1 N–H and O–H groups in total. The van der Waals surface area contributed by atoms with E-state index in [-0.39, 0.29) is 13.6 Å². The summed E-state index contributed by atoms with van der Waals surface area (Å²) in [7, 11) is -2.36. The van der Waals surface area contributed by atoms with Gasteiger partial charge >= 0.3 is 0 Å². The molecule has 0 saturated carbocycles. The van der Waals surface area contributed by atoms with Crippen molar-refractivity contribution < 1.29 is 23.7 Å². The first-order valence-electron chi connectivity index (χ1n) is 15.4. The van der Waals surface area contributed by atoms with E-state index in [0.29, 0.717) is 30.4 Å². The minimum Gasteiger partial charge on any atom is -0.467 e. The molecule has 0 aliphatic carbocycles. The Labute approximate surface area is 255 Å². The number of hydrogen-bond donors (Lipinski definition) is 1. The zero-order chi connectivity index (χ0) is 31.1. The van der Waals surface area contributed by atoms with Crippen molar-refractivity contribution in [3.8, 4) is 11.5 Å². The monoisotopic (exact) mass is 611 g/mol. The Kier molecular flexibility index (Phi) is 12.1. The van der Waals surface area contributed by atoms with E-state index < -0.39 is 16.1 Å². The third-order valence-electron chi connectivity index (χ3n) is 7.53. The number of allylic oxidation sites excluding steroid dienone is 1. The number of hydrogen-bond acceptors (Lipinski definition) is 5. The highest BCUT2D eigenvalue weighted by Gasteiger charge is 2.20. The van der Waals surface area contributed by atoms with Crippen LogP contribution < -0.4 is 9.47 Å². The van der Waals surface area contributed by atoms with Gasteiger partial charge in [-0.25, -0.2) is 0 Å². The SMILES string of the molecule is C/C(=C\c1c(C)c(OCOCC[Si](C)(C)C)cc2c1[nH]c1c(OCOCC[Si](C)(C)C)ccc(C=O)c12)CCC(C)C. The zero-order valence-corrected chi connectivity index (χ0v) is 29.7. The van der Waals surface area contributed by atoms with Crippen LogP contribution in [-0.2, 0) is 9.47 Å². The van der Waals surface area contributed by atoms with E-state index in [0.717, 1.165) is 69.9 Å². The van der Waals surface area contributed by atoms with Crippen molar-refractivity contribution in [2.45, 2.75) is 91.9 Å². The number of carbonyl (C=O) groups excluding carboxylic acids is 1. The maximum Gasteiger partial charge on any atom is 0.189 e. The van der Waals surface area contributed by atoms with E-state index >= 15 is 0 Å². The summed E-state index contributed by atoms with van der Waals surface area (Å²) >= 11 is 0. The summed E-state index contributed by atoms with van der Waals surface area (Å²) in [6.07, 6.45) is 5.32. The van der Waals surface area contributed by atoms with Gasteiger partial charge in [-0.15, -0.1) is 0 Å². The molecule has 0 amide bonds. The Hall–Kier alpha value is -2.40. The van der Waals surface area contributed by atoms with Crippen LogP contribution in [0.4, 0.5) is 0 Å². The van der Waals surface area contributed by atoms with Gasteiger partial charge in [-0.3, -0.25) is 4.79 Å². The van der Waals surface area contributed by atoms with Crippen molar-refractivity contribution in [1.29, 1.82) is 0 Å². The van der Waals surface area contributed by atoms with Crippen LogP contribution in [0, 0.1) is 12.8 Å². The molecule has 1 aromatic heterocycles. The summed E-state index contributed by atoms with van der Waals surface area (Å²) in [5.41, 5.74) is 5.78. The molecule has 0 radical (unpaired) electrons. The van der Waals surface area contributed by atoms with Crippen LogP contribution in [0.25, 0.3) is 27.9 Å². The van der Waals surface area contributed by atoms with Crippen molar-refractivity contribution in [3.63, 3.8) is 0 Å². The maximum atomic E-state index is 12.2. The number of aromatic amines is 1. The van der Waals surface area contributed by atoms with Crippen LogP contribution in [0.3, 0.4) is 0 Å². The minimum atomic E-state index is -1.18. The molecule has 0 atom stereocenters. The van der Waals surface area contributed by atoms with Crippen LogP contribution >= 0.6 is 0 Å².